The number of hydrogen-bond donors (Lipinski definition) is 2. The van der Waals surface area contributed by atoms with E-state index < -0.39 is 29.0 Å². The summed E-state index contributed by atoms with van der Waals surface area (Å²) in [5.74, 6) is -2.15. The molecule has 2 N–H and O–H groups in total. The van der Waals surface area contributed by atoms with E-state index in [9.17, 15) is 18.0 Å². The average molecular weight is 482 g/mol. The van der Waals surface area contributed by atoms with Crippen LogP contribution in [0.25, 0.3) is 0 Å². The van der Waals surface area contributed by atoms with Crippen molar-refractivity contribution in [3.05, 3.63) is 130 Å². The van der Waals surface area contributed by atoms with Crippen molar-refractivity contribution in [2.24, 2.45) is 0 Å². The minimum absolute atomic E-state index is 0.113. The number of amides is 2. The second-order valence-electron chi connectivity index (χ2n) is 7.68. The molecule has 0 fully saturated rings. The Kier molecular flexibility index (Phi) is 6.84. The van der Waals surface area contributed by atoms with E-state index in [1.807, 2.05) is 30.3 Å². The van der Waals surface area contributed by atoms with Crippen molar-refractivity contribution < 1.29 is 18.0 Å². The van der Waals surface area contributed by atoms with Gasteiger partial charge in [-0.05, 0) is 53.6 Å². The third kappa shape index (κ3) is 5.38. The van der Waals surface area contributed by atoms with Crippen LogP contribution in [0.5, 0.6) is 0 Å². The predicted molar refractivity (Wildman–Crippen MR) is 125 cm³/mol. The molecule has 172 valence electrons. The standard InChI is InChI=1S/C26H19ClF3N3O/c27-19-9-10-24(31-16-19)26(15-17-5-2-1-3-6-17,18-11-21(29)13-22(30)12-18)33-25(34)32-23-8-4-7-20(28)14-23/h1-14,16H,15H2,(H2,32,33,34). The molecule has 0 bridgehead atoms. The minimum Gasteiger partial charge on any atom is -0.322 e. The Morgan fingerprint density at radius 3 is 2.24 bits per heavy atom. The second kappa shape index (κ2) is 9.97. The van der Waals surface area contributed by atoms with Crippen molar-refractivity contribution in [3.8, 4) is 0 Å². The van der Waals surface area contributed by atoms with Crippen LogP contribution < -0.4 is 10.6 Å². The molecule has 0 aliphatic rings. The van der Waals surface area contributed by atoms with Gasteiger partial charge in [0.25, 0.3) is 0 Å². The third-order valence-electron chi connectivity index (χ3n) is 5.24. The highest BCUT2D eigenvalue weighted by atomic mass is 35.5. The average Bonchev–Trinajstić information content (AvgIpc) is 2.79. The summed E-state index contributed by atoms with van der Waals surface area (Å²) in [7, 11) is 0. The summed E-state index contributed by atoms with van der Waals surface area (Å²) in [5, 5.41) is 5.77. The first-order valence-corrected chi connectivity index (χ1v) is 10.7. The molecule has 1 atom stereocenters. The smallest absolute Gasteiger partial charge is 0.320 e. The molecule has 0 aliphatic heterocycles. The lowest BCUT2D eigenvalue weighted by Gasteiger charge is -2.35. The van der Waals surface area contributed by atoms with Gasteiger partial charge in [-0.1, -0.05) is 48.0 Å². The maximum atomic E-state index is 14.4. The van der Waals surface area contributed by atoms with E-state index in [0.29, 0.717) is 10.7 Å². The molecule has 1 unspecified atom stereocenters. The molecule has 0 radical (unpaired) electrons. The van der Waals surface area contributed by atoms with Crippen LogP contribution in [0.15, 0.2) is 91.1 Å². The maximum absolute atomic E-state index is 14.4. The van der Waals surface area contributed by atoms with Crippen LogP contribution in [0.4, 0.5) is 23.7 Å². The Labute approximate surface area is 199 Å². The number of hydrogen-bond acceptors (Lipinski definition) is 2. The Hall–Kier alpha value is -3.84. The van der Waals surface area contributed by atoms with Crippen molar-refractivity contribution in [2.45, 2.75) is 12.0 Å². The summed E-state index contributed by atoms with van der Waals surface area (Å²) in [6.45, 7) is 0. The molecule has 4 nitrogen and oxygen atoms in total. The van der Waals surface area contributed by atoms with Crippen molar-refractivity contribution in [1.82, 2.24) is 10.3 Å². The third-order valence-corrected chi connectivity index (χ3v) is 5.47. The summed E-state index contributed by atoms with van der Waals surface area (Å²) in [4.78, 5) is 17.5. The van der Waals surface area contributed by atoms with Crippen LogP contribution in [0.1, 0.15) is 16.8 Å². The van der Waals surface area contributed by atoms with Crippen molar-refractivity contribution in [2.75, 3.05) is 5.32 Å². The predicted octanol–water partition coefficient (Wildman–Crippen LogP) is 6.46. The van der Waals surface area contributed by atoms with Crippen molar-refractivity contribution >= 4 is 23.3 Å². The fourth-order valence-corrected chi connectivity index (χ4v) is 3.89. The fraction of sp³-hybridized carbons (Fsp3) is 0.0769. The van der Waals surface area contributed by atoms with Crippen LogP contribution in [0, 0.1) is 17.5 Å². The Morgan fingerprint density at radius 2 is 1.59 bits per heavy atom. The Bertz CT molecular complexity index is 1280. The number of benzene rings is 3. The lowest BCUT2D eigenvalue weighted by Crippen LogP contribution is -2.50. The van der Waals surface area contributed by atoms with E-state index in [-0.39, 0.29) is 17.7 Å². The number of rotatable bonds is 6. The van der Waals surface area contributed by atoms with E-state index in [1.54, 1.807) is 12.1 Å². The second-order valence-corrected chi connectivity index (χ2v) is 8.11. The van der Waals surface area contributed by atoms with Gasteiger partial charge in [0.05, 0.1) is 10.7 Å². The van der Waals surface area contributed by atoms with E-state index in [1.165, 1.54) is 24.4 Å². The van der Waals surface area contributed by atoms with Crippen LogP contribution >= 0.6 is 11.6 Å². The SMILES string of the molecule is O=C(Nc1cccc(F)c1)NC(Cc1ccccc1)(c1cc(F)cc(F)c1)c1ccc(Cl)cn1. The van der Waals surface area contributed by atoms with Crippen LogP contribution in [0.3, 0.4) is 0 Å². The van der Waals surface area contributed by atoms with Gasteiger partial charge in [0.1, 0.15) is 23.0 Å². The topological polar surface area (TPSA) is 54.0 Å². The summed E-state index contributed by atoms with van der Waals surface area (Å²) in [6.07, 6.45) is 1.50. The van der Waals surface area contributed by atoms with Gasteiger partial charge in [0.2, 0.25) is 0 Å². The van der Waals surface area contributed by atoms with E-state index in [4.69, 9.17) is 11.6 Å². The van der Waals surface area contributed by atoms with E-state index in [2.05, 4.69) is 15.6 Å². The number of halogens is 4. The zero-order chi connectivity index (χ0) is 24.1. The van der Waals surface area contributed by atoms with Crippen molar-refractivity contribution in [3.63, 3.8) is 0 Å². The maximum Gasteiger partial charge on any atom is 0.320 e. The highest BCUT2D eigenvalue weighted by molar-refractivity contribution is 6.30. The molecule has 0 aliphatic carbocycles. The molecule has 4 aromatic rings. The summed E-state index contributed by atoms with van der Waals surface area (Å²) in [6, 6.07) is 19.9. The molecule has 4 rings (SSSR count). The van der Waals surface area contributed by atoms with Gasteiger partial charge in [0.15, 0.2) is 0 Å². The lowest BCUT2D eigenvalue weighted by atomic mass is 9.80. The molecule has 1 heterocycles. The van der Waals surface area contributed by atoms with Gasteiger partial charge in [-0.3, -0.25) is 4.98 Å². The van der Waals surface area contributed by atoms with Gasteiger partial charge in [0, 0.05) is 24.4 Å². The van der Waals surface area contributed by atoms with Crippen LogP contribution in [-0.2, 0) is 12.0 Å². The van der Waals surface area contributed by atoms with Gasteiger partial charge in [-0.2, -0.15) is 0 Å². The van der Waals surface area contributed by atoms with Crippen molar-refractivity contribution in [1.29, 1.82) is 0 Å². The van der Waals surface area contributed by atoms with Crippen LogP contribution in [-0.4, -0.2) is 11.0 Å². The molecular formula is C26H19ClF3N3O. The fourth-order valence-electron chi connectivity index (χ4n) is 3.77. The monoisotopic (exact) mass is 481 g/mol. The summed E-state index contributed by atoms with van der Waals surface area (Å²) >= 11 is 6.03. The zero-order valence-electron chi connectivity index (χ0n) is 17.7. The Balaban J connectivity index is 1.85. The van der Waals surface area contributed by atoms with Gasteiger partial charge >= 0.3 is 6.03 Å². The number of urea groups is 1. The number of carbonyl (C=O) groups is 1. The number of nitrogens with one attached hydrogen (secondary N) is 2. The first kappa shape index (κ1) is 23.3. The largest absolute Gasteiger partial charge is 0.322 e. The molecule has 34 heavy (non-hydrogen) atoms. The van der Waals surface area contributed by atoms with E-state index in [0.717, 1.165) is 29.8 Å². The van der Waals surface area contributed by atoms with E-state index >= 15 is 0 Å². The number of carbonyl (C=O) groups excluding carboxylic acids is 1. The van der Waals surface area contributed by atoms with Gasteiger partial charge < -0.3 is 10.6 Å². The van der Waals surface area contributed by atoms with Gasteiger partial charge in [-0.15, -0.1) is 0 Å². The summed E-state index contributed by atoms with van der Waals surface area (Å²) in [5.41, 5.74) is -0.0690. The zero-order valence-corrected chi connectivity index (χ0v) is 18.5. The first-order valence-electron chi connectivity index (χ1n) is 10.3. The number of pyridine rings is 1. The first-order chi connectivity index (χ1) is 16.3. The lowest BCUT2D eigenvalue weighted by molar-refractivity contribution is 0.241. The Morgan fingerprint density at radius 1 is 0.853 bits per heavy atom. The number of aromatic nitrogens is 1. The quantitative estimate of drug-likeness (QED) is 0.332. The molecule has 8 heteroatoms. The molecule has 1 aromatic heterocycles. The highest BCUT2D eigenvalue weighted by Gasteiger charge is 2.38. The molecule has 3 aromatic carbocycles. The summed E-state index contributed by atoms with van der Waals surface area (Å²) < 4.78 is 42.3. The number of nitrogens with zero attached hydrogens (tertiary/aromatic N) is 1. The molecule has 0 saturated heterocycles. The molecule has 0 spiro atoms. The highest BCUT2D eigenvalue weighted by Crippen LogP contribution is 2.34. The van der Waals surface area contributed by atoms with Gasteiger partial charge in [-0.25, -0.2) is 18.0 Å². The molecular weight excluding hydrogens is 463 g/mol. The number of anilines is 1. The minimum atomic E-state index is -1.49. The van der Waals surface area contributed by atoms with Crippen LogP contribution in [0.2, 0.25) is 5.02 Å². The molecule has 0 saturated carbocycles. The normalized spacial score (nSPS) is 12.6. The molecule has 2 amide bonds.